The minimum atomic E-state index is 1.28. The first-order chi connectivity index (χ1) is 7.93. The van der Waals surface area contributed by atoms with Gasteiger partial charge >= 0.3 is 0 Å². The predicted molar refractivity (Wildman–Crippen MR) is 69.0 cm³/mol. The first kappa shape index (κ1) is 11.1. The Hall–Kier alpha value is -1.38. The molecule has 0 heterocycles. The molecule has 4 N–H and O–H groups in total. The number of rotatable bonds is 0. The van der Waals surface area contributed by atoms with Crippen molar-refractivity contribution in [3.05, 3.63) is 47.5 Å². The fourth-order valence-corrected chi connectivity index (χ4v) is 2.43. The highest BCUT2D eigenvalue weighted by molar-refractivity contribution is 5.84. The molecule has 0 saturated heterocycles. The van der Waals surface area contributed by atoms with Crippen molar-refractivity contribution in [1.29, 1.82) is 0 Å². The van der Waals surface area contributed by atoms with Crippen LogP contribution in [0.2, 0.25) is 0 Å². The van der Waals surface area contributed by atoms with Gasteiger partial charge in [-0.25, -0.2) is 0 Å². The van der Waals surface area contributed by atoms with Gasteiger partial charge in [0.15, 0.2) is 0 Å². The quantitative estimate of drug-likeness (QED) is 0.523. The van der Waals surface area contributed by atoms with Crippen molar-refractivity contribution in [3.8, 4) is 0 Å². The van der Waals surface area contributed by atoms with Gasteiger partial charge in [0.2, 0.25) is 0 Å². The highest BCUT2D eigenvalue weighted by atomic mass is 15.0. The lowest BCUT2D eigenvalue weighted by Crippen LogP contribution is -2.02. The Bertz CT molecular complexity index is 433. The van der Waals surface area contributed by atoms with Crippen molar-refractivity contribution in [2.45, 2.75) is 25.7 Å². The van der Waals surface area contributed by atoms with Gasteiger partial charge in [-0.05, 0) is 47.6 Å². The molecule has 2 heteroatoms. The van der Waals surface area contributed by atoms with Gasteiger partial charge in [0.25, 0.3) is 0 Å². The zero-order valence-corrected chi connectivity index (χ0v) is 9.45. The van der Waals surface area contributed by atoms with Crippen molar-refractivity contribution in [2.24, 2.45) is 11.7 Å². The number of hydrazine groups is 1. The van der Waals surface area contributed by atoms with Gasteiger partial charge in [-0.15, -0.1) is 0 Å². The molecule has 0 unspecified atom stereocenters. The van der Waals surface area contributed by atoms with E-state index in [1.54, 1.807) is 11.1 Å². The van der Waals surface area contributed by atoms with Crippen molar-refractivity contribution in [2.75, 3.05) is 0 Å². The Morgan fingerprint density at radius 2 is 1.19 bits per heavy atom. The largest absolute Gasteiger partial charge is 0.274 e. The van der Waals surface area contributed by atoms with Crippen molar-refractivity contribution >= 4 is 10.8 Å². The van der Waals surface area contributed by atoms with E-state index in [0.717, 1.165) is 0 Å². The van der Waals surface area contributed by atoms with Crippen LogP contribution in [0.4, 0.5) is 0 Å². The van der Waals surface area contributed by atoms with Crippen LogP contribution in [-0.2, 0) is 12.8 Å². The van der Waals surface area contributed by atoms with E-state index >= 15 is 0 Å². The zero-order valence-electron chi connectivity index (χ0n) is 9.45. The summed E-state index contributed by atoms with van der Waals surface area (Å²) in [5.74, 6) is 8.00. The summed E-state index contributed by atoms with van der Waals surface area (Å²) in [5.41, 5.74) is 3.16. The lowest BCUT2D eigenvalue weighted by molar-refractivity contribution is 0.687. The summed E-state index contributed by atoms with van der Waals surface area (Å²) in [6, 6.07) is 13.4. The summed E-state index contributed by atoms with van der Waals surface area (Å²) in [7, 11) is 0. The van der Waals surface area contributed by atoms with Crippen LogP contribution >= 0.6 is 0 Å². The van der Waals surface area contributed by atoms with Crippen molar-refractivity contribution < 1.29 is 0 Å². The van der Waals surface area contributed by atoms with Crippen LogP contribution in [0.5, 0.6) is 0 Å². The SMILES string of the molecule is NN.c1ccc2cc3c(cc2c1)CCCC3. The predicted octanol–water partition coefficient (Wildman–Crippen LogP) is 2.54. The maximum absolute atomic E-state index is 4.00. The summed E-state index contributed by atoms with van der Waals surface area (Å²) in [6.45, 7) is 0. The minimum absolute atomic E-state index is 1.28. The second kappa shape index (κ2) is 5.10. The summed E-state index contributed by atoms with van der Waals surface area (Å²) >= 11 is 0. The van der Waals surface area contributed by atoms with Crippen LogP contribution in [0.15, 0.2) is 36.4 Å². The molecule has 16 heavy (non-hydrogen) atoms. The molecular formula is C14H18N2. The molecule has 0 atom stereocenters. The van der Waals surface area contributed by atoms with E-state index in [9.17, 15) is 0 Å². The maximum Gasteiger partial charge on any atom is -0.0181 e. The van der Waals surface area contributed by atoms with Gasteiger partial charge in [-0.3, -0.25) is 11.7 Å². The molecule has 0 spiro atoms. The molecule has 1 aliphatic carbocycles. The molecule has 2 aromatic carbocycles. The highest BCUT2D eigenvalue weighted by Gasteiger charge is 2.09. The van der Waals surface area contributed by atoms with Gasteiger partial charge in [0.05, 0.1) is 0 Å². The van der Waals surface area contributed by atoms with Crippen LogP contribution in [0.1, 0.15) is 24.0 Å². The average molecular weight is 214 g/mol. The second-order valence-corrected chi connectivity index (χ2v) is 4.18. The normalized spacial score (nSPS) is 13.9. The van der Waals surface area contributed by atoms with Gasteiger partial charge in [0, 0.05) is 0 Å². The third kappa shape index (κ3) is 2.08. The average Bonchev–Trinajstić information content (AvgIpc) is 2.38. The lowest BCUT2D eigenvalue weighted by atomic mass is 9.89. The van der Waals surface area contributed by atoms with Crippen LogP contribution in [-0.4, -0.2) is 0 Å². The Labute approximate surface area is 96.2 Å². The van der Waals surface area contributed by atoms with E-state index in [-0.39, 0.29) is 0 Å². The molecule has 0 aromatic heterocycles. The van der Waals surface area contributed by atoms with Crippen molar-refractivity contribution in [1.82, 2.24) is 0 Å². The molecule has 0 radical (unpaired) electrons. The molecule has 0 saturated carbocycles. The number of hydrogen-bond donors (Lipinski definition) is 2. The third-order valence-electron chi connectivity index (χ3n) is 3.21. The molecule has 84 valence electrons. The van der Waals surface area contributed by atoms with E-state index < -0.39 is 0 Å². The standard InChI is InChI=1S/C14H14.H4N2/c1-2-6-12-10-14-8-4-3-7-13(14)9-11(12)5-1;1-2/h1-2,5-6,9-10H,3-4,7-8H2;1-2H2. The van der Waals surface area contributed by atoms with E-state index in [0.29, 0.717) is 0 Å². The van der Waals surface area contributed by atoms with Crippen LogP contribution in [0.3, 0.4) is 0 Å². The molecule has 1 aliphatic rings. The number of fused-ring (bicyclic) bond motifs is 2. The topological polar surface area (TPSA) is 52.0 Å². The second-order valence-electron chi connectivity index (χ2n) is 4.18. The Kier molecular flexibility index (Phi) is 3.54. The van der Waals surface area contributed by atoms with Crippen molar-refractivity contribution in [3.63, 3.8) is 0 Å². The molecule has 0 fully saturated rings. The van der Waals surface area contributed by atoms with E-state index in [4.69, 9.17) is 0 Å². The molecule has 0 aliphatic heterocycles. The smallest absolute Gasteiger partial charge is 0.0181 e. The fourth-order valence-electron chi connectivity index (χ4n) is 2.43. The molecule has 0 bridgehead atoms. The summed E-state index contributed by atoms with van der Waals surface area (Å²) in [6.07, 6.45) is 5.29. The highest BCUT2D eigenvalue weighted by Crippen LogP contribution is 2.26. The van der Waals surface area contributed by atoms with Crippen LogP contribution in [0, 0.1) is 0 Å². The monoisotopic (exact) mass is 214 g/mol. The first-order valence-corrected chi connectivity index (χ1v) is 5.77. The van der Waals surface area contributed by atoms with E-state index in [2.05, 4.69) is 48.1 Å². The van der Waals surface area contributed by atoms with Gasteiger partial charge in [-0.2, -0.15) is 0 Å². The molecule has 2 nitrogen and oxygen atoms in total. The molecule has 0 amide bonds. The summed E-state index contributed by atoms with van der Waals surface area (Å²) in [4.78, 5) is 0. The summed E-state index contributed by atoms with van der Waals surface area (Å²) < 4.78 is 0. The van der Waals surface area contributed by atoms with E-state index in [1.807, 2.05) is 0 Å². The van der Waals surface area contributed by atoms with Gasteiger partial charge < -0.3 is 0 Å². The number of nitrogens with two attached hydrogens (primary N) is 2. The third-order valence-corrected chi connectivity index (χ3v) is 3.21. The minimum Gasteiger partial charge on any atom is -0.274 e. The number of benzene rings is 2. The summed E-state index contributed by atoms with van der Waals surface area (Å²) in [5, 5.41) is 2.79. The molecule has 3 rings (SSSR count). The van der Waals surface area contributed by atoms with Gasteiger partial charge in [0.1, 0.15) is 0 Å². The zero-order chi connectivity index (χ0) is 11.4. The fraction of sp³-hybridized carbons (Fsp3) is 0.286. The van der Waals surface area contributed by atoms with E-state index in [1.165, 1.54) is 36.5 Å². The maximum atomic E-state index is 4.00. The number of hydrogen-bond acceptors (Lipinski definition) is 2. The first-order valence-electron chi connectivity index (χ1n) is 5.77. The molecular weight excluding hydrogens is 196 g/mol. The number of aryl methyl sites for hydroxylation is 2. The lowest BCUT2D eigenvalue weighted by Gasteiger charge is -2.16. The molecule has 2 aromatic rings. The van der Waals surface area contributed by atoms with Gasteiger partial charge in [-0.1, -0.05) is 36.4 Å². The Morgan fingerprint density at radius 1 is 0.750 bits per heavy atom. The van der Waals surface area contributed by atoms with Crippen LogP contribution in [0.25, 0.3) is 10.8 Å². The Morgan fingerprint density at radius 3 is 1.62 bits per heavy atom. The Balaban J connectivity index is 0.000000457. The van der Waals surface area contributed by atoms with Crippen LogP contribution < -0.4 is 11.7 Å².